The number of thiazole rings is 1. The Hall–Kier alpha value is -4.77. The molecule has 0 bridgehead atoms. The van der Waals surface area contributed by atoms with E-state index in [-0.39, 0.29) is 16.5 Å². The average Bonchev–Trinajstić information content (AvgIpc) is 3.52. The lowest BCUT2D eigenvalue weighted by atomic mass is 9.94. The van der Waals surface area contributed by atoms with E-state index in [0.717, 1.165) is 10.3 Å². The van der Waals surface area contributed by atoms with Gasteiger partial charge < -0.3 is 28.8 Å². The number of nitrogens with zero attached hydrogens (tertiary/aromatic N) is 2. The molecule has 41 heavy (non-hydrogen) atoms. The van der Waals surface area contributed by atoms with Gasteiger partial charge in [0.15, 0.2) is 16.6 Å². The fourth-order valence-electron chi connectivity index (χ4n) is 4.91. The van der Waals surface area contributed by atoms with Gasteiger partial charge >= 0.3 is 5.91 Å². The van der Waals surface area contributed by atoms with Gasteiger partial charge in [-0.15, -0.1) is 0 Å². The van der Waals surface area contributed by atoms with Crippen LogP contribution in [-0.2, 0) is 9.59 Å². The molecule has 0 radical (unpaired) electrons. The molecule has 0 saturated carbocycles. The predicted octanol–water partition coefficient (Wildman–Crippen LogP) is 5.27. The first-order valence-electron chi connectivity index (χ1n) is 12.5. The average molecular weight is 577 g/mol. The third-order valence-electron chi connectivity index (χ3n) is 6.91. The third kappa shape index (κ3) is 4.67. The third-order valence-corrected chi connectivity index (χ3v) is 7.92. The Labute approximate surface area is 240 Å². The first-order valence-corrected chi connectivity index (χ1v) is 13.3. The molecule has 0 unspecified atom stereocenters. The molecule has 1 fully saturated rings. The standard InChI is InChI=1S/C30H28N2O8S/c1-15-11-16(7-10-20(15)37-3)26(33)24-25(17-12-21(38-4)28(40-6)22(13-17)39-5)32(29(35)27(24)34)30-31-19-9-8-18(36-2)14-23(19)41-30/h7-14,25,33H,1-6H3/t25-/m0/s1. The van der Waals surface area contributed by atoms with Crippen LogP contribution in [-0.4, -0.2) is 57.3 Å². The van der Waals surface area contributed by atoms with Crippen LogP contribution in [0.1, 0.15) is 22.7 Å². The van der Waals surface area contributed by atoms with Gasteiger partial charge in [-0.25, -0.2) is 4.98 Å². The molecule has 212 valence electrons. The van der Waals surface area contributed by atoms with Crippen LogP contribution in [0.25, 0.3) is 16.0 Å². The topological polar surface area (TPSA) is 117 Å². The van der Waals surface area contributed by atoms with Crippen LogP contribution < -0.4 is 28.6 Å². The van der Waals surface area contributed by atoms with Gasteiger partial charge in [-0.2, -0.15) is 0 Å². The Morgan fingerprint density at radius 3 is 2.12 bits per heavy atom. The number of ketones is 1. The number of ether oxygens (including phenoxy) is 5. The highest BCUT2D eigenvalue weighted by Gasteiger charge is 2.48. The van der Waals surface area contributed by atoms with Crippen molar-refractivity contribution in [2.75, 3.05) is 40.4 Å². The number of anilines is 1. The van der Waals surface area contributed by atoms with E-state index >= 15 is 0 Å². The summed E-state index contributed by atoms with van der Waals surface area (Å²) in [6, 6.07) is 12.6. The summed E-state index contributed by atoms with van der Waals surface area (Å²) < 4.78 is 28.0. The van der Waals surface area contributed by atoms with Crippen molar-refractivity contribution in [3.8, 4) is 28.7 Å². The molecule has 11 heteroatoms. The molecule has 1 atom stereocenters. The minimum absolute atomic E-state index is 0.106. The van der Waals surface area contributed by atoms with Crippen LogP contribution in [0.3, 0.4) is 0 Å². The molecule has 10 nitrogen and oxygen atoms in total. The predicted molar refractivity (Wildman–Crippen MR) is 155 cm³/mol. The molecule has 1 saturated heterocycles. The van der Waals surface area contributed by atoms with Crippen LogP contribution in [0.15, 0.2) is 54.1 Å². The smallest absolute Gasteiger partial charge is 0.301 e. The highest BCUT2D eigenvalue weighted by atomic mass is 32.1. The van der Waals surface area contributed by atoms with Crippen molar-refractivity contribution in [2.45, 2.75) is 13.0 Å². The van der Waals surface area contributed by atoms with Gasteiger partial charge in [0.2, 0.25) is 5.75 Å². The van der Waals surface area contributed by atoms with E-state index in [2.05, 4.69) is 4.98 Å². The fraction of sp³-hybridized carbons (Fsp3) is 0.233. The molecule has 1 aliphatic heterocycles. The second-order valence-electron chi connectivity index (χ2n) is 9.14. The lowest BCUT2D eigenvalue weighted by Crippen LogP contribution is -2.29. The molecule has 3 aromatic carbocycles. The summed E-state index contributed by atoms with van der Waals surface area (Å²) in [5, 5.41) is 11.9. The summed E-state index contributed by atoms with van der Waals surface area (Å²) in [4.78, 5) is 33.3. The second kappa shape index (κ2) is 11.0. The minimum Gasteiger partial charge on any atom is -0.507 e. The van der Waals surface area contributed by atoms with Crippen molar-refractivity contribution in [1.29, 1.82) is 0 Å². The molecular weight excluding hydrogens is 548 g/mol. The van der Waals surface area contributed by atoms with E-state index in [1.165, 1.54) is 37.6 Å². The van der Waals surface area contributed by atoms with E-state index < -0.39 is 17.7 Å². The highest BCUT2D eigenvalue weighted by Crippen LogP contribution is 2.48. The van der Waals surface area contributed by atoms with Gasteiger partial charge in [-0.1, -0.05) is 11.3 Å². The first kappa shape index (κ1) is 27.8. The van der Waals surface area contributed by atoms with Gasteiger partial charge in [0.05, 0.1) is 57.4 Å². The normalized spacial score (nSPS) is 16.2. The van der Waals surface area contributed by atoms with Crippen LogP contribution in [0, 0.1) is 6.92 Å². The Bertz CT molecular complexity index is 1690. The number of fused-ring (bicyclic) bond motifs is 1. The number of hydrogen-bond acceptors (Lipinski definition) is 10. The summed E-state index contributed by atoms with van der Waals surface area (Å²) >= 11 is 1.23. The summed E-state index contributed by atoms with van der Waals surface area (Å²) in [7, 11) is 7.53. The van der Waals surface area contributed by atoms with Gasteiger partial charge in [0.25, 0.3) is 5.78 Å². The van der Waals surface area contributed by atoms with Gasteiger partial charge in [0.1, 0.15) is 17.3 Å². The van der Waals surface area contributed by atoms with Crippen molar-refractivity contribution < 1.29 is 38.4 Å². The van der Waals surface area contributed by atoms with Gasteiger partial charge in [-0.3, -0.25) is 14.5 Å². The zero-order valence-corrected chi connectivity index (χ0v) is 24.1. The number of rotatable bonds is 8. The van der Waals surface area contributed by atoms with Crippen molar-refractivity contribution in [2.24, 2.45) is 0 Å². The van der Waals surface area contributed by atoms with Gasteiger partial charge in [0, 0.05) is 5.56 Å². The minimum atomic E-state index is -1.06. The van der Waals surface area contributed by atoms with Crippen molar-refractivity contribution in [3.05, 3.63) is 70.8 Å². The summed E-state index contributed by atoms with van der Waals surface area (Å²) in [6.07, 6.45) is 0. The number of amides is 1. The van der Waals surface area contributed by atoms with Crippen LogP contribution >= 0.6 is 11.3 Å². The monoisotopic (exact) mass is 576 g/mol. The van der Waals surface area contributed by atoms with Gasteiger partial charge in [-0.05, 0) is 66.6 Å². The molecule has 2 heterocycles. The number of aliphatic hydroxyl groups is 1. The molecule has 0 aliphatic carbocycles. The van der Waals surface area contributed by atoms with E-state index in [1.54, 1.807) is 56.7 Å². The fourth-order valence-corrected chi connectivity index (χ4v) is 5.93. The molecule has 1 amide bonds. The number of hydrogen-bond donors (Lipinski definition) is 1. The number of methoxy groups -OCH3 is 5. The van der Waals surface area contributed by atoms with E-state index in [9.17, 15) is 14.7 Å². The van der Waals surface area contributed by atoms with E-state index in [1.807, 2.05) is 13.0 Å². The molecule has 1 aromatic heterocycles. The number of aliphatic hydroxyl groups excluding tert-OH is 1. The number of aryl methyl sites for hydroxylation is 1. The Kier molecular flexibility index (Phi) is 7.46. The lowest BCUT2D eigenvalue weighted by molar-refractivity contribution is -0.132. The largest absolute Gasteiger partial charge is 0.507 e. The van der Waals surface area contributed by atoms with Crippen LogP contribution in [0.4, 0.5) is 5.13 Å². The molecule has 5 rings (SSSR count). The molecule has 1 aliphatic rings. The maximum Gasteiger partial charge on any atom is 0.301 e. The Morgan fingerprint density at radius 2 is 1.54 bits per heavy atom. The zero-order chi connectivity index (χ0) is 29.4. The lowest BCUT2D eigenvalue weighted by Gasteiger charge is -2.24. The number of carbonyl (C=O) groups is 2. The number of benzene rings is 3. The Morgan fingerprint density at radius 1 is 0.854 bits per heavy atom. The summed E-state index contributed by atoms with van der Waals surface area (Å²) in [5.74, 6) is 0.210. The van der Waals surface area contributed by atoms with E-state index in [0.29, 0.717) is 45.4 Å². The summed E-state index contributed by atoms with van der Waals surface area (Å²) in [5.41, 5.74) is 2.07. The molecule has 0 spiro atoms. The van der Waals surface area contributed by atoms with Crippen molar-refractivity contribution in [3.63, 3.8) is 0 Å². The number of aromatic nitrogens is 1. The maximum absolute atomic E-state index is 13.7. The van der Waals surface area contributed by atoms with E-state index in [4.69, 9.17) is 23.7 Å². The highest BCUT2D eigenvalue weighted by molar-refractivity contribution is 7.22. The van der Waals surface area contributed by atoms with Crippen molar-refractivity contribution >= 4 is 44.1 Å². The molecule has 1 N–H and O–H groups in total. The number of carbonyl (C=O) groups excluding carboxylic acids is 2. The quantitative estimate of drug-likeness (QED) is 0.170. The molecule has 4 aromatic rings. The maximum atomic E-state index is 13.7. The zero-order valence-electron chi connectivity index (χ0n) is 23.3. The number of Topliss-reactive ketones (excluding diaryl/α,β-unsaturated/α-hetero) is 1. The summed E-state index contributed by atoms with van der Waals surface area (Å²) in [6.45, 7) is 1.82. The SMILES string of the molecule is COc1ccc2nc(N3C(=O)C(=O)C(=C(O)c4ccc(OC)c(C)c4)[C@@H]3c3cc(OC)c(OC)c(OC)c3)sc2c1. The molecular formula is C30H28N2O8S. The van der Waals surface area contributed by atoms with Crippen molar-refractivity contribution in [1.82, 2.24) is 4.98 Å². The van der Waals surface area contributed by atoms with Crippen LogP contribution in [0.5, 0.6) is 28.7 Å². The first-order chi connectivity index (χ1) is 19.8. The van der Waals surface area contributed by atoms with Crippen LogP contribution in [0.2, 0.25) is 0 Å². The Balaban J connectivity index is 1.78. The second-order valence-corrected chi connectivity index (χ2v) is 10.2.